The number of tetrazole rings is 1. The van der Waals surface area contributed by atoms with E-state index in [9.17, 15) is 9.18 Å². The van der Waals surface area contributed by atoms with Crippen molar-refractivity contribution in [3.63, 3.8) is 0 Å². The van der Waals surface area contributed by atoms with Gasteiger partial charge in [0.05, 0.1) is 0 Å². The van der Waals surface area contributed by atoms with Crippen molar-refractivity contribution in [2.45, 2.75) is 51.2 Å². The molecular formula is C33H41FN8O. The number of anilines is 1. The molecule has 3 N–H and O–H groups in total. The van der Waals surface area contributed by atoms with Crippen LogP contribution in [0.5, 0.6) is 0 Å². The normalized spacial score (nSPS) is 17.5. The Kier molecular flexibility index (Phi) is 10.1. The van der Waals surface area contributed by atoms with Gasteiger partial charge in [-0.05, 0) is 96.7 Å². The van der Waals surface area contributed by atoms with Gasteiger partial charge in [-0.1, -0.05) is 49.4 Å². The molecule has 10 heteroatoms. The summed E-state index contributed by atoms with van der Waals surface area (Å²) in [6.45, 7) is 4.64. The van der Waals surface area contributed by atoms with Crippen molar-refractivity contribution < 1.29 is 9.18 Å². The number of piperidine rings is 1. The summed E-state index contributed by atoms with van der Waals surface area (Å²) in [6, 6.07) is 23.0. The number of carbonyl (C=O) groups is 1. The minimum absolute atomic E-state index is 0.113. The van der Waals surface area contributed by atoms with E-state index in [1.165, 1.54) is 17.7 Å². The number of halogens is 1. The summed E-state index contributed by atoms with van der Waals surface area (Å²) < 4.78 is 15.2. The van der Waals surface area contributed by atoms with E-state index in [4.69, 9.17) is 0 Å². The fourth-order valence-electron chi connectivity index (χ4n) is 6.09. The molecule has 0 radical (unpaired) electrons. The zero-order valence-electron chi connectivity index (χ0n) is 25.1. The smallest absolute Gasteiger partial charge is 0.319 e. The molecule has 1 fully saturated rings. The van der Waals surface area contributed by atoms with E-state index in [-0.39, 0.29) is 29.8 Å². The predicted molar refractivity (Wildman–Crippen MR) is 167 cm³/mol. The number of aryl methyl sites for hydroxylation is 3. The summed E-state index contributed by atoms with van der Waals surface area (Å²) in [5, 5.41) is 21.8. The molecule has 5 rings (SSSR count). The summed E-state index contributed by atoms with van der Waals surface area (Å²) in [4.78, 5) is 16.0. The highest BCUT2D eigenvalue weighted by Crippen LogP contribution is 2.26. The average Bonchev–Trinajstić information content (AvgIpc) is 3.46. The molecule has 3 atom stereocenters. The first kappa shape index (κ1) is 30.3. The predicted octanol–water partition coefficient (Wildman–Crippen LogP) is 4.81. The third kappa shape index (κ3) is 8.03. The third-order valence-electron chi connectivity index (χ3n) is 8.36. The number of amides is 2. The number of nitrogens with one attached hydrogen (secondary N) is 3. The van der Waals surface area contributed by atoms with Crippen LogP contribution in [0.15, 0.2) is 72.8 Å². The van der Waals surface area contributed by atoms with Crippen molar-refractivity contribution in [1.82, 2.24) is 35.7 Å². The van der Waals surface area contributed by atoms with Crippen molar-refractivity contribution in [3.05, 3.63) is 95.3 Å². The second-order valence-electron chi connectivity index (χ2n) is 11.4. The van der Waals surface area contributed by atoms with Crippen LogP contribution in [0.2, 0.25) is 0 Å². The van der Waals surface area contributed by atoms with E-state index in [1.807, 2.05) is 36.4 Å². The summed E-state index contributed by atoms with van der Waals surface area (Å²) in [5.74, 6) is 0.562. The van der Waals surface area contributed by atoms with Crippen molar-refractivity contribution in [1.29, 1.82) is 0 Å². The van der Waals surface area contributed by atoms with E-state index in [0.717, 1.165) is 62.0 Å². The highest BCUT2D eigenvalue weighted by atomic mass is 19.1. The molecule has 1 saturated heterocycles. The molecule has 2 amide bonds. The molecule has 1 aliphatic rings. The first-order valence-corrected chi connectivity index (χ1v) is 15.0. The van der Waals surface area contributed by atoms with Crippen LogP contribution in [-0.4, -0.2) is 63.4 Å². The van der Waals surface area contributed by atoms with Crippen molar-refractivity contribution in [2.24, 2.45) is 13.0 Å². The molecule has 0 aliphatic carbocycles. The molecule has 2 heterocycles. The maximum atomic E-state index is 13.6. The largest absolute Gasteiger partial charge is 0.335 e. The quantitative estimate of drug-likeness (QED) is 0.234. The molecule has 4 aromatic rings. The van der Waals surface area contributed by atoms with Crippen LogP contribution in [-0.2, 0) is 26.4 Å². The van der Waals surface area contributed by atoms with Gasteiger partial charge in [-0.15, -0.1) is 5.10 Å². The Labute approximate surface area is 252 Å². The second-order valence-corrected chi connectivity index (χ2v) is 11.4. The summed E-state index contributed by atoms with van der Waals surface area (Å²) in [5.41, 5.74) is 4.91. The van der Waals surface area contributed by atoms with Gasteiger partial charge < -0.3 is 16.0 Å². The molecule has 3 unspecified atom stereocenters. The fraction of sp³-hybridized carbons (Fsp3) is 0.394. The minimum atomic E-state index is -0.255. The summed E-state index contributed by atoms with van der Waals surface area (Å²) in [6.07, 6.45) is 3.24. The Balaban J connectivity index is 1.35. The zero-order chi connectivity index (χ0) is 30.2. The average molecular weight is 585 g/mol. The van der Waals surface area contributed by atoms with Gasteiger partial charge in [-0.3, -0.25) is 4.90 Å². The number of urea groups is 1. The van der Waals surface area contributed by atoms with Gasteiger partial charge in [-0.2, -0.15) is 0 Å². The Bertz CT molecular complexity index is 1480. The SMILES string of the molecule is CCc1cc(NC(=O)NC(CCc2ccc(F)cc2)C2CNCCC2N(C)Cc2ccccc2)cc(-c2nnnn2C)c1. The van der Waals surface area contributed by atoms with Gasteiger partial charge in [-0.25, -0.2) is 13.9 Å². The molecule has 1 aliphatic heterocycles. The number of carbonyl (C=O) groups excluding carboxylic acids is 1. The maximum absolute atomic E-state index is 13.6. The molecule has 0 spiro atoms. The molecule has 226 valence electrons. The number of rotatable bonds is 11. The Morgan fingerprint density at radius 1 is 1.09 bits per heavy atom. The Morgan fingerprint density at radius 3 is 2.60 bits per heavy atom. The number of benzene rings is 3. The highest BCUT2D eigenvalue weighted by molar-refractivity contribution is 5.90. The lowest BCUT2D eigenvalue weighted by Crippen LogP contribution is -2.57. The molecule has 1 aromatic heterocycles. The van der Waals surface area contributed by atoms with Gasteiger partial charge >= 0.3 is 6.03 Å². The molecule has 3 aromatic carbocycles. The lowest BCUT2D eigenvalue weighted by atomic mass is 9.83. The molecule has 0 saturated carbocycles. The van der Waals surface area contributed by atoms with E-state index in [1.54, 1.807) is 11.7 Å². The molecule has 9 nitrogen and oxygen atoms in total. The van der Waals surface area contributed by atoms with Crippen molar-refractivity contribution in [3.8, 4) is 11.4 Å². The highest BCUT2D eigenvalue weighted by Gasteiger charge is 2.35. The van der Waals surface area contributed by atoms with Crippen LogP contribution >= 0.6 is 0 Å². The van der Waals surface area contributed by atoms with E-state index in [0.29, 0.717) is 11.5 Å². The minimum Gasteiger partial charge on any atom is -0.335 e. The van der Waals surface area contributed by atoms with Crippen LogP contribution in [0.1, 0.15) is 36.5 Å². The lowest BCUT2D eigenvalue weighted by molar-refractivity contribution is 0.106. The summed E-state index contributed by atoms with van der Waals surface area (Å²) in [7, 11) is 3.97. The van der Waals surface area contributed by atoms with Gasteiger partial charge in [0.15, 0.2) is 5.82 Å². The molecular weight excluding hydrogens is 543 g/mol. The second kappa shape index (κ2) is 14.3. The van der Waals surface area contributed by atoms with Gasteiger partial charge in [0, 0.05) is 49.4 Å². The standard InChI is InChI=1S/C33H41FN8O/c1-4-23-18-26(32-38-39-40-42(32)3)20-28(19-23)36-33(43)37-30(15-12-24-10-13-27(34)14-11-24)29-21-35-17-16-31(29)41(2)22-25-8-6-5-7-9-25/h5-11,13-14,18-20,29-31,35H,4,12,15-17,21-22H2,1-3H3,(H2,36,37,43). The molecule has 0 bridgehead atoms. The zero-order valence-corrected chi connectivity index (χ0v) is 25.1. The van der Waals surface area contributed by atoms with Crippen molar-refractivity contribution >= 4 is 11.7 Å². The van der Waals surface area contributed by atoms with Crippen molar-refractivity contribution in [2.75, 3.05) is 25.5 Å². The fourth-order valence-corrected chi connectivity index (χ4v) is 6.09. The number of nitrogens with zero attached hydrogens (tertiary/aromatic N) is 5. The lowest BCUT2D eigenvalue weighted by Gasteiger charge is -2.42. The van der Waals surface area contributed by atoms with Crippen LogP contribution in [0.25, 0.3) is 11.4 Å². The van der Waals surface area contributed by atoms with Crippen LogP contribution < -0.4 is 16.0 Å². The topological polar surface area (TPSA) is 100 Å². The number of hydrogen-bond donors (Lipinski definition) is 3. The first-order chi connectivity index (χ1) is 20.9. The Hall–Kier alpha value is -4.15. The van der Waals surface area contributed by atoms with Crippen LogP contribution in [0, 0.1) is 11.7 Å². The summed E-state index contributed by atoms with van der Waals surface area (Å²) >= 11 is 0. The Morgan fingerprint density at radius 2 is 1.88 bits per heavy atom. The number of aromatic nitrogens is 4. The molecule has 43 heavy (non-hydrogen) atoms. The van der Waals surface area contributed by atoms with E-state index >= 15 is 0 Å². The third-order valence-corrected chi connectivity index (χ3v) is 8.36. The van der Waals surface area contributed by atoms with E-state index < -0.39 is 0 Å². The van der Waals surface area contributed by atoms with E-state index in [2.05, 4.69) is 74.6 Å². The van der Waals surface area contributed by atoms with Gasteiger partial charge in [0.2, 0.25) is 0 Å². The van der Waals surface area contributed by atoms with Crippen LogP contribution in [0.4, 0.5) is 14.9 Å². The first-order valence-electron chi connectivity index (χ1n) is 15.0. The monoisotopic (exact) mass is 584 g/mol. The maximum Gasteiger partial charge on any atom is 0.319 e. The number of hydrogen-bond acceptors (Lipinski definition) is 6. The van der Waals surface area contributed by atoms with Crippen LogP contribution in [0.3, 0.4) is 0 Å². The van der Waals surface area contributed by atoms with Gasteiger partial charge in [0.25, 0.3) is 0 Å². The van der Waals surface area contributed by atoms with Gasteiger partial charge in [0.1, 0.15) is 5.82 Å².